The van der Waals surface area contributed by atoms with E-state index < -0.39 is 21.9 Å². The van der Waals surface area contributed by atoms with Crippen molar-refractivity contribution in [2.75, 3.05) is 24.6 Å². The lowest BCUT2D eigenvalue weighted by Crippen LogP contribution is -2.62. The van der Waals surface area contributed by atoms with E-state index in [-0.39, 0.29) is 29.1 Å². The molecule has 3 rings (SSSR count). The number of amides is 2. The molecule has 2 amide bonds. The maximum absolute atomic E-state index is 12.9. The van der Waals surface area contributed by atoms with Crippen molar-refractivity contribution in [3.05, 3.63) is 17.3 Å². The Bertz CT molecular complexity index is 816. The second kappa shape index (κ2) is 7.02. The van der Waals surface area contributed by atoms with Crippen LogP contribution in [0.5, 0.6) is 0 Å². The van der Waals surface area contributed by atoms with Crippen LogP contribution in [-0.2, 0) is 14.6 Å². The Labute approximate surface area is 153 Å². The molecule has 1 aromatic heterocycles. The summed E-state index contributed by atoms with van der Waals surface area (Å²) >= 11 is 0. The Morgan fingerprint density at radius 3 is 2.35 bits per heavy atom. The van der Waals surface area contributed by atoms with Crippen LogP contribution in [0.15, 0.2) is 4.42 Å². The van der Waals surface area contributed by atoms with E-state index in [2.05, 4.69) is 4.98 Å². The molecular weight excluding hydrogens is 358 g/mol. The lowest BCUT2D eigenvalue weighted by atomic mass is 10.0. The van der Waals surface area contributed by atoms with E-state index >= 15 is 0 Å². The van der Waals surface area contributed by atoms with Crippen LogP contribution < -0.4 is 0 Å². The SMILES string of the molecule is CCCCC(=O)N1CCN(C(=O)c2oc(C)nc2C)[C@@H]2CS(=O)(=O)C[C@@H]21. The van der Waals surface area contributed by atoms with Gasteiger partial charge in [-0.25, -0.2) is 13.4 Å². The number of nitrogens with zero attached hydrogens (tertiary/aromatic N) is 3. The summed E-state index contributed by atoms with van der Waals surface area (Å²) in [6.45, 7) is 6.01. The van der Waals surface area contributed by atoms with E-state index in [0.29, 0.717) is 31.1 Å². The smallest absolute Gasteiger partial charge is 0.291 e. The van der Waals surface area contributed by atoms with Crippen LogP contribution in [0.4, 0.5) is 0 Å². The van der Waals surface area contributed by atoms with Crippen LogP contribution in [0.25, 0.3) is 0 Å². The fourth-order valence-electron chi connectivity index (χ4n) is 3.85. The monoisotopic (exact) mass is 383 g/mol. The number of rotatable bonds is 4. The highest BCUT2D eigenvalue weighted by atomic mass is 32.2. The summed E-state index contributed by atoms with van der Waals surface area (Å²) in [4.78, 5) is 32.8. The molecule has 0 spiro atoms. The highest BCUT2D eigenvalue weighted by Gasteiger charge is 2.49. The Hall–Kier alpha value is -1.90. The molecule has 2 saturated heterocycles. The molecule has 2 fully saturated rings. The number of hydrogen-bond donors (Lipinski definition) is 0. The maximum atomic E-state index is 12.9. The predicted molar refractivity (Wildman–Crippen MR) is 94.5 cm³/mol. The molecule has 0 aromatic carbocycles. The minimum atomic E-state index is -3.30. The van der Waals surface area contributed by atoms with Gasteiger partial charge in [-0.3, -0.25) is 9.59 Å². The van der Waals surface area contributed by atoms with Crippen LogP contribution in [-0.4, -0.2) is 71.7 Å². The van der Waals surface area contributed by atoms with Crippen molar-refractivity contribution in [3.8, 4) is 0 Å². The van der Waals surface area contributed by atoms with Crippen molar-refractivity contribution in [3.63, 3.8) is 0 Å². The molecule has 0 bridgehead atoms. The number of aryl methyl sites for hydroxylation is 2. The first-order valence-corrected chi connectivity index (χ1v) is 10.8. The standard InChI is InChI=1S/C17H25N3O5S/c1-4-5-6-15(21)19-7-8-20(14-10-26(23,24)9-13(14)19)17(22)16-11(2)18-12(3)25-16/h13-14H,4-10H2,1-3H3/t13-,14+/m0/s1. The van der Waals surface area contributed by atoms with Gasteiger partial charge in [-0.1, -0.05) is 13.3 Å². The van der Waals surface area contributed by atoms with E-state index in [1.165, 1.54) is 0 Å². The van der Waals surface area contributed by atoms with E-state index in [9.17, 15) is 18.0 Å². The molecule has 1 aromatic rings. The molecule has 8 nitrogen and oxygen atoms in total. The summed E-state index contributed by atoms with van der Waals surface area (Å²) in [6, 6.07) is -1.01. The quantitative estimate of drug-likeness (QED) is 0.767. The molecule has 0 aliphatic carbocycles. The number of unbranched alkanes of at least 4 members (excludes halogenated alkanes) is 1. The van der Waals surface area contributed by atoms with Gasteiger partial charge in [0, 0.05) is 26.4 Å². The second-order valence-electron chi connectivity index (χ2n) is 7.05. The van der Waals surface area contributed by atoms with Gasteiger partial charge in [-0.2, -0.15) is 0 Å². The van der Waals surface area contributed by atoms with Crippen LogP contribution in [0.1, 0.15) is 48.3 Å². The zero-order valence-corrected chi connectivity index (χ0v) is 16.2. The van der Waals surface area contributed by atoms with Crippen molar-refractivity contribution < 1.29 is 22.4 Å². The second-order valence-corrected chi connectivity index (χ2v) is 9.20. The third kappa shape index (κ3) is 3.49. The van der Waals surface area contributed by atoms with Gasteiger partial charge in [-0.15, -0.1) is 0 Å². The van der Waals surface area contributed by atoms with Gasteiger partial charge in [0.1, 0.15) is 0 Å². The fraction of sp³-hybridized carbons (Fsp3) is 0.706. The number of piperazine rings is 1. The van der Waals surface area contributed by atoms with Gasteiger partial charge in [0.2, 0.25) is 11.7 Å². The first-order chi connectivity index (χ1) is 12.2. The summed E-state index contributed by atoms with van der Waals surface area (Å²) in [6.07, 6.45) is 2.09. The normalized spacial score (nSPS) is 24.6. The van der Waals surface area contributed by atoms with Gasteiger partial charge >= 0.3 is 0 Å². The molecule has 9 heteroatoms. The molecule has 0 radical (unpaired) electrons. The first-order valence-electron chi connectivity index (χ1n) is 8.98. The average Bonchev–Trinajstić information content (AvgIpc) is 3.08. The van der Waals surface area contributed by atoms with E-state index in [1.807, 2.05) is 6.92 Å². The number of hydrogen-bond acceptors (Lipinski definition) is 6. The van der Waals surface area contributed by atoms with Crippen molar-refractivity contribution in [2.45, 2.75) is 52.1 Å². The predicted octanol–water partition coefficient (Wildman–Crippen LogP) is 0.932. The summed E-state index contributed by atoms with van der Waals surface area (Å²) in [5.74, 6) is -0.0411. The van der Waals surface area contributed by atoms with Gasteiger partial charge in [0.05, 0.1) is 29.3 Å². The van der Waals surface area contributed by atoms with Crippen molar-refractivity contribution in [1.82, 2.24) is 14.8 Å². The largest absolute Gasteiger partial charge is 0.436 e. The third-order valence-corrected chi connectivity index (χ3v) is 6.80. The van der Waals surface area contributed by atoms with Gasteiger partial charge in [0.25, 0.3) is 5.91 Å². The topological polar surface area (TPSA) is 101 Å². The highest BCUT2D eigenvalue weighted by Crippen LogP contribution is 2.29. The minimum absolute atomic E-state index is 0.0299. The summed E-state index contributed by atoms with van der Waals surface area (Å²) in [5.41, 5.74) is 0.492. The zero-order chi connectivity index (χ0) is 19.1. The van der Waals surface area contributed by atoms with Crippen molar-refractivity contribution in [1.29, 1.82) is 0 Å². The number of aromatic nitrogens is 1. The van der Waals surface area contributed by atoms with Crippen LogP contribution in [0.2, 0.25) is 0 Å². The van der Waals surface area contributed by atoms with Gasteiger partial charge in [0.15, 0.2) is 15.7 Å². The lowest BCUT2D eigenvalue weighted by Gasteiger charge is -2.43. The van der Waals surface area contributed by atoms with E-state index in [0.717, 1.165) is 12.8 Å². The average molecular weight is 383 g/mol. The molecule has 26 heavy (non-hydrogen) atoms. The molecular formula is C17H25N3O5S. The first kappa shape index (κ1) is 18.9. The van der Waals surface area contributed by atoms with Crippen LogP contribution in [0.3, 0.4) is 0 Å². The van der Waals surface area contributed by atoms with Gasteiger partial charge < -0.3 is 14.2 Å². The summed E-state index contributed by atoms with van der Waals surface area (Å²) in [5, 5.41) is 0. The zero-order valence-electron chi connectivity index (χ0n) is 15.4. The molecule has 0 N–H and O–H groups in total. The Morgan fingerprint density at radius 2 is 1.77 bits per heavy atom. The third-order valence-electron chi connectivity index (χ3n) is 5.10. The lowest BCUT2D eigenvalue weighted by molar-refractivity contribution is -0.136. The van der Waals surface area contributed by atoms with E-state index in [4.69, 9.17) is 4.42 Å². The highest BCUT2D eigenvalue weighted by molar-refractivity contribution is 7.91. The molecule has 2 aliphatic rings. The number of carbonyl (C=O) groups is 2. The van der Waals surface area contributed by atoms with Crippen LogP contribution in [0, 0.1) is 13.8 Å². The van der Waals surface area contributed by atoms with Crippen molar-refractivity contribution in [2.24, 2.45) is 0 Å². The number of fused-ring (bicyclic) bond motifs is 1. The minimum Gasteiger partial charge on any atom is -0.436 e. The molecule has 0 unspecified atom stereocenters. The maximum Gasteiger partial charge on any atom is 0.291 e. The molecule has 144 valence electrons. The Balaban J connectivity index is 1.86. The van der Waals surface area contributed by atoms with E-state index in [1.54, 1.807) is 23.6 Å². The van der Waals surface area contributed by atoms with Crippen molar-refractivity contribution >= 4 is 21.7 Å². The summed E-state index contributed by atoms with van der Waals surface area (Å²) < 4.78 is 29.9. The Kier molecular flexibility index (Phi) is 5.09. The summed E-state index contributed by atoms with van der Waals surface area (Å²) in [7, 11) is -3.30. The molecule has 2 aliphatic heterocycles. The fourth-order valence-corrected chi connectivity index (χ4v) is 5.83. The molecule has 3 heterocycles. The Morgan fingerprint density at radius 1 is 1.15 bits per heavy atom. The van der Waals surface area contributed by atoms with Crippen LogP contribution >= 0.6 is 0 Å². The number of carbonyl (C=O) groups excluding carboxylic acids is 2. The number of oxazole rings is 1. The van der Waals surface area contributed by atoms with Gasteiger partial charge in [-0.05, 0) is 13.3 Å². The molecule has 2 atom stereocenters. The number of sulfone groups is 1. The molecule has 0 saturated carbocycles.